The summed E-state index contributed by atoms with van der Waals surface area (Å²) in [5, 5.41) is 12.4. The fourth-order valence-corrected chi connectivity index (χ4v) is 2.53. The van der Waals surface area contributed by atoms with E-state index in [9.17, 15) is 5.11 Å². The number of aliphatic hydroxyl groups is 1. The average molecular weight is 279 g/mol. The highest BCUT2D eigenvalue weighted by atomic mass is 16.5. The highest BCUT2D eigenvalue weighted by Crippen LogP contribution is 2.20. The van der Waals surface area contributed by atoms with Crippen molar-refractivity contribution in [2.75, 3.05) is 58.4 Å². The number of aliphatic hydroxyl groups excluding tert-OH is 1. The lowest BCUT2D eigenvalue weighted by Gasteiger charge is -2.37. The normalized spacial score (nSPS) is 18.1. The number of benzene rings is 1. The summed E-state index contributed by atoms with van der Waals surface area (Å²) in [6.45, 7) is 5.20. The van der Waals surface area contributed by atoms with Gasteiger partial charge in [0.05, 0.1) is 13.7 Å². The molecular weight excluding hydrogens is 254 g/mol. The molecular formula is C15H25N3O2. The first kappa shape index (κ1) is 15.1. The molecule has 1 fully saturated rings. The van der Waals surface area contributed by atoms with Gasteiger partial charge in [-0.05, 0) is 31.3 Å². The fourth-order valence-electron chi connectivity index (χ4n) is 2.53. The van der Waals surface area contributed by atoms with E-state index < -0.39 is 0 Å². The van der Waals surface area contributed by atoms with Crippen molar-refractivity contribution in [3.8, 4) is 5.75 Å². The van der Waals surface area contributed by atoms with Gasteiger partial charge in [0.2, 0.25) is 0 Å². The first-order chi connectivity index (χ1) is 9.76. The minimum absolute atomic E-state index is 0.169. The molecule has 2 rings (SSSR count). The van der Waals surface area contributed by atoms with Crippen LogP contribution in [-0.2, 0) is 0 Å². The highest BCUT2D eigenvalue weighted by molar-refractivity contribution is 5.49. The largest absolute Gasteiger partial charge is 0.497 e. The van der Waals surface area contributed by atoms with Gasteiger partial charge in [0, 0.05) is 44.5 Å². The zero-order valence-corrected chi connectivity index (χ0v) is 12.4. The first-order valence-corrected chi connectivity index (χ1v) is 7.16. The lowest BCUT2D eigenvalue weighted by atomic mass is 10.2. The van der Waals surface area contributed by atoms with E-state index >= 15 is 0 Å². The number of hydrogen-bond donors (Lipinski definition) is 2. The van der Waals surface area contributed by atoms with Crippen LogP contribution in [0.4, 0.5) is 5.69 Å². The molecule has 1 aliphatic rings. The summed E-state index contributed by atoms with van der Waals surface area (Å²) < 4.78 is 5.18. The zero-order valence-electron chi connectivity index (χ0n) is 12.4. The van der Waals surface area contributed by atoms with Crippen LogP contribution in [0.2, 0.25) is 0 Å². The maximum atomic E-state index is 9.22. The third-order valence-corrected chi connectivity index (χ3v) is 3.92. The Morgan fingerprint density at radius 2 is 1.85 bits per heavy atom. The number of rotatable bonds is 6. The lowest BCUT2D eigenvalue weighted by molar-refractivity contribution is 0.180. The third kappa shape index (κ3) is 3.85. The molecule has 5 heteroatoms. The Hall–Kier alpha value is -1.30. The molecule has 5 nitrogen and oxygen atoms in total. The van der Waals surface area contributed by atoms with Crippen molar-refractivity contribution in [3.63, 3.8) is 0 Å². The molecule has 0 radical (unpaired) electrons. The van der Waals surface area contributed by atoms with Crippen LogP contribution in [0.3, 0.4) is 0 Å². The van der Waals surface area contributed by atoms with Crippen molar-refractivity contribution in [3.05, 3.63) is 24.3 Å². The summed E-state index contributed by atoms with van der Waals surface area (Å²) in [7, 11) is 3.58. The molecule has 0 aliphatic carbocycles. The van der Waals surface area contributed by atoms with Crippen molar-refractivity contribution in [2.45, 2.75) is 6.04 Å². The molecule has 0 spiro atoms. The topological polar surface area (TPSA) is 48.0 Å². The van der Waals surface area contributed by atoms with E-state index in [1.165, 1.54) is 5.69 Å². The molecule has 112 valence electrons. The molecule has 1 atom stereocenters. The molecule has 2 N–H and O–H groups in total. The number of nitrogens with one attached hydrogen (secondary N) is 1. The van der Waals surface area contributed by atoms with Crippen LogP contribution in [0.5, 0.6) is 5.75 Å². The fraction of sp³-hybridized carbons (Fsp3) is 0.600. The maximum Gasteiger partial charge on any atom is 0.119 e. The van der Waals surface area contributed by atoms with E-state index in [1.54, 1.807) is 7.11 Å². The van der Waals surface area contributed by atoms with Crippen molar-refractivity contribution in [1.29, 1.82) is 0 Å². The predicted molar refractivity (Wildman–Crippen MR) is 81.6 cm³/mol. The van der Waals surface area contributed by atoms with Crippen molar-refractivity contribution in [1.82, 2.24) is 10.2 Å². The average Bonchev–Trinajstić information content (AvgIpc) is 2.53. The molecule has 1 aromatic carbocycles. The van der Waals surface area contributed by atoms with Gasteiger partial charge < -0.3 is 20.1 Å². The Balaban J connectivity index is 1.84. The Morgan fingerprint density at radius 1 is 1.20 bits per heavy atom. The van der Waals surface area contributed by atoms with Crippen LogP contribution < -0.4 is 15.0 Å². The Labute approximate surface area is 121 Å². The van der Waals surface area contributed by atoms with Crippen LogP contribution in [-0.4, -0.2) is 69.5 Å². The summed E-state index contributed by atoms with van der Waals surface area (Å²) in [6.07, 6.45) is 0. The van der Waals surface area contributed by atoms with E-state index in [2.05, 4.69) is 27.2 Å². The van der Waals surface area contributed by atoms with E-state index in [1.807, 2.05) is 19.2 Å². The summed E-state index contributed by atoms with van der Waals surface area (Å²) >= 11 is 0. The number of anilines is 1. The monoisotopic (exact) mass is 279 g/mol. The highest BCUT2D eigenvalue weighted by Gasteiger charge is 2.19. The molecule has 1 saturated heterocycles. The molecule has 1 heterocycles. The van der Waals surface area contributed by atoms with E-state index in [0.717, 1.165) is 38.5 Å². The minimum atomic E-state index is 0.169. The minimum Gasteiger partial charge on any atom is -0.497 e. The standard InChI is InChI=1S/C15H25N3O2/c1-16-13(12-19)11-17-7-9-18(10-8-17)14-3-5-15(20-2)6-4-14/h3-6,13,16,19H,7-12H2,1-2H3. The number of methoxy groups -OCH3 is 1. The molecule has 0 aromatic heterocycles. The molecule has 0 bridgehead atoms. The quantitative estimate of drug-likeness (QED) is 0.789. The molecule has 0 saturated carbocycles. The van der Waals surface area contributed by atoms with Gasteiger partial charge in [-0.3, -0.25) is 4.90 Å². The third-order valence-electron chi connectivity index (χ3n) is 3.92. The van der Waals surface area contributed by atoms with Crippen molar-refractivity contribution < 1.29 is 9.84 Å². The smallest absolute Gasteiger partial charge is 0.119 e. The Kier molecular flexibility index (Phi) is 5.64. The molecule has 1 aromatic rings. The van der Waals surface area contributed by atoms with Gasteiger partial charge in [-0.15, -0.1) is 0 Å². The zero-order chi connectivity index (χ0) is 14.4. The van der Waals surface area contributed by atoms with Gasteiger partial charge >= 0.3 is 0 Å². The number of piperazine rings is 1. The van der Waals surface area contributed by atoms with Gasteiger partial charge in [-0.2, -0.15) is 0 Å². The van der Waals surface area contributed by atoms with E-state index in [0.29, 0.717) is 0 Å². The molecule has 1 unspecified atom stereocenters. The molecule has 20 heavy (non-hydrogen) atoms. The Morgan fingerprint density at radius 3 is 2.35 bits per heavy atom. The summed E-state index contributed by atoms with van der Waals surface area (Å²) in [5.74, 6) is 0.896. The van der Waals surface area contributed by atoms with Crippen LogP contribution in [0.25, 0.3) is 0 Å². The van der Waals surface area contributed by atoms with Gasteiger partial charge in [-0.1, -0.05) is 0 Å². The lowest BCUT2D eigenvalue weighted by Crippen LogP contribution is -2.51. The van der Waals surface area contributed by atoms with Crippen LogP contribution in [0.1, 0.15) is 0 Å². The van der Waals surface area contributed by atoms with Crippen molar-refractivity contribution >= 4 is 5.69 Å². The number of hydrogen-bond acceptors (Lipinski definition) is 5. The second-order valence-electron chi connectivity index (χ2n) is 5.15. The molecule has 0 amide bonds. The van der Waals surface area contributed by atoms with Gasteiger partial charge in [-0.25, -0.2) is 0 Å². The second-order valence-corrected chi connectivity index (χ2v) is 5.15. The van der Waals surface area contributed by atoms with Crippen LogP contribution in [0.15, 0.2) is 24.3 Å². The number of nitrogens with zero attached hydrogens (tertiary/aromatic N) is 2. The molecule has 1 aliphatic heterocycles. The number of likely N-dealkylation sites (N-methyl/N-ethyl adjacent to an activating group) is 1. The summed E-state index contributed by atoms with van der Waals surface area (Å²) in [6, 6.07) is 8.40. The summed E-state index contributed by atoms with van der Waals surface area (Å²) in [4.78, 5) is 4.79. The maximum absolute atomic E-state index is 9.22. The summed E-state index contributed by atoms with van der Waals surface area (Å²) in [5.41, 5.74) is 1.25. The van der Waals surface area contributed by atoms with E-state index in [4.69, 9.17) is 4.74 Å². The van der Waals surface area contributed by atoms with Crippen LogP contribution >= 0.6 is 0 Å². The van der Waals surface area contributed by atoms with Crippen molar-refractivity contribution in [2.24, 2.45) is 0 Å². The Bertz CT molecular complexity index is 385. The second kappa shape index (κ2) is 7.47. The van der Waals surface area contributed by atoms with Crippen LogP contribution in [0, 0.1) is 0 Å². The first-order valence-electron chi connectivity index (χ1n) is 7.16. The SMILES string of the molecule is CNC(CO)CN1CCN(c2ccc(OC)cc2)CC1. The predicted octanol–water partition coefficient (Wildman–Crippen LogP) is 0.398. The van der Waals surface area contributed by atoms with Gasteiger partial charge in [0.25, 0.3) is 0 Å². The van der Waals surface area contributed by atoms with E-state index in [-0.39, 0.29) is 12.6 Å². The van der Waals surface area contributed by atoms with Gasteiger partial charge in [0.1, 0.15) is 5.75 Å². The van der Waals surface area contributed by atoms with Gasteiger partial charge in [0.15, 0.2) is 0 Å². The number of ether oxygens (including phenoxy) is 1.